The molecule has 6 rings (SSSR count). The minimum Gasteiger partial charge on any atom is -0.369 e. The molecule has 1 N–H and O–H groups in total. The van der Waals surface area contributed by atoms with Gasteiger partial charge in [0.2, 0.25) is 9.84 Å². The van der Waals surface area contributed by atoms with Gasteiger partial charge in [0, 0.05) is 36.8 Å². The Balaban J connectivity index is 1.32. The SMILES string of the molecule is O=S(=O)(c1ccccc1)c1cnc2c(N3CCC4NC5CCCCC5C4C3)cccc2c1. The highest BCUT2D eigenvalue weighted by molar-refractivity contribution is 7.91. The average molecular weight is 448 g/mol. The van der Waals surface area contributed by atoms with Crippen LogP contribution in [0.5, 0.6) is 0 Å². The summed E-state index contributed by atoms with van der Waals surface area (Å²) in [5.74, 6) is 1.49. The van der Waals surface area contributed by atoms with Gasteiger partial charge in [0.05, 0.1) is 21.0 Å². The molecule has 3 aromatic rings. The Bertz CT molecular complexity index is 1240. The second-order valence-corrected chi connectivity index (χ2v) is 11.5. The number of anilines is 1. The number of nitrogens with one attached hydrogen (secondary N) is 1. The summed E-state index contributed by atoms with van der Waals surface area (Å²) in [6.07, 6.45) is 8.08. The summed E-state index contributed by atoms with van der Waals surface area (Å²) in [7, 11) is -3.58. The second-order valence-electron chi connectivity index (χ2n) is 9.56. The van der Waals surface area contributed by atoms with Crippen LogP contribution in [0, 0.1) is 11.8 Å². The lowest BCUT2D eigenvalue weighted by Crippen LogP contribution is -2.45. The van der Waals surface area contributed by atoms with Crippen molar-refractivity contribution in [2.45, 2.75) is 54.0 Å². The van der Waals surface area contributed by atoms with Gasteiger partial charge < -0.3 is 10.2 Å². The van der Waals surface area contributed by atoms with Crippen LogP contribution in [0.1, 0.15) is 32.1 Å². The van der Waals surface area contributed by atoms with Gasteiger partial charge in [-0.25, -0.2) is 8.42 Å². The van der Waals surface area contributed by atoms with Crippen LogP contribution in [0.4, 0.5) is 5.69 Å². The highest BCUT2D eigenvalue weighted by Crippen LogP contribution is 2.42. The maximum absolute atomic E-state index is 13.1. The van der Waals surface area contributed by atoms with E-state index in [1.807, 2.05) is 18.2 Å². The van der Waals surface area contributed by atoms with Crippen LogP contribution >= 0.6 is 0 Å². The van der Waals surface area contributed by atoms with Crippen LogP contribution in [-0.2, 0) is 9.84 Å². The minimum atomic E-state index is -3.58. The van der Waals surface area contributed by atoms with E-state index in [9.17, 15) is 8.42 Å². The third kappa shape index (κ3) is 3.32. The molecule has 0 bridgehead atoms. The minimum absolute atomic E-state index is 0.247. The summed E-state index contributed by atoms with van der Waals surface area (Å²) in [4.78, 5) is 7.71. The molecule has 3 fully saturated rings. The van der Waals surface area contributed by atoms with E-state index in [-0.39, 0.29) is 4.90 Å². The zero-order valence-electron chi connectivity index (χ0n) is 18.2. The third-order valence-electron chi connectivity index (χ3n) is 7.82. The van der Waals surface area contributed by atoms with E-state index in [1.54, 1.807) is 30.3 Å². The first-order valence-corrected chi connectivity index (χ1v) is 13.3. The molecule has 6 heteroatoms. The number of pyridine rings is 1. The van der Waals surface area contributed by atoms with Gasteiger partial charge in [-0.2, -0.15) is 0 Å². The van der Waals surface area contributed by atoms with Gasteiger partial charge in [-0.1, -0.05) is 43.2 Å². The predicted octanol–water partition coefficient (Wildman–Crippen LogP) is 4.42. The maximum Gasteiger partial charge on any atom is 0.208 e. The summed E-state index contributed by atoms with van der Waals surface area (Å²) in [5.41, 5.74) is 2.02. The van der Waals surface area contributed by atoms with Crippen LogP contribution in [0.2, 0.25) is 0 Å². The number of nitrogens with zero attached hydrogens (tertiary/aromatic N) is 2. The smallest absolute Gasteiger partial charge is 0.208 e. The molecular formula is C26H29N3O2S. The largest absolute Gasteiger partial charge is 0.369 e. The first kappa shape index (κ1) is 20.2. The molecule has 3 aliphatic rings. The number of sulfone groups is 1. The Labute approximate surface area is 189 Å². The number of aromatic nitrogens is 1. The number of benzene rings is 2. The zero-order valence-corrected chi connectivity index (χ0v) is 19.0. The van der Waals surface area contributed by atoms with Crippen molar-refractivity contribution in [3.63, 3.8) is 0 Å². The van der Waals surface area contributed by atoms with Crippen molar-refractivity contribution >= 4 is 26.4 Å². The van der Waals surface area contributed by atoms with Gasteiger partial charge >= 0.3 is 0 Å². The van der Waals surface area contributed by atoms with Gasteiger partial charge in [0.25, 0.3) is 0 Å². The lowest BCUT2D eigenvalue weighted by atomic mass is 9.76. The molecular weight excluding hydrogens is 418 g/mol. The monoisotopic (exact) mass is 447 g/mol. The van der Waals surface area contributed by atoms with Gasteiger partial charge in [-0.05, 0) is 55.4 Å². The zero-order chi connectivity index (χ0) is 21.7. The van der Waals surface area contributed by atoms with E-state index in [1.165, 1.54) is 31.9 Å². The molecule has 5 nitrogen and oxygen atoms in total. The molecule has 4 atom stereocenters. The van der Waals surface area contributed by atoms with Crippen molar-refractivity contribution < 1.29 is 8.42 Å². The lowest BCUT2D eigenvalue weighted by molar-refractivity contribution is 0.256. The Morgan fingerprint density at radius 3 is 2.56 bits per heavy atom. The molecule has 1 aliphatic carbocycles. The molecule has 0 radical (unpaired) electrons. The first-order chi connectivity index (χ1) is 15.6. The number of hydrogen-bond donors (Lipinski definition) is 1. The molecule has 0 spiro atoms. The highest BCUT2D eigenvalue weighted by Gasteiger charge is 2.46. The maximum atomic E-state index is 13.1. The van der Waals surface area contributed by atoms with Gasteiger partial charge in [-0.3, -0.25) is 4.98 Å². The van der Waals surface area contributed by atoms with Crippen LogP contribution in [0.3, 0.4) is 0 Å². The van der Waals surface area contributed by atoms with Gasteiger partial charge in [0.15, 0.2) is 0 Å². The average Bonchev–Trinajstić information content (AvgIpc) is 3.22. The van der Waals surface area contributed by atoms with Crippen LogP contribution in [0.15, 0.2) is 70.6 Å². The molecule has 1 saturated carbocycles. The van der Waals surface area contributed by atoms with E-state index >= 15 is 0 Å². The lowest BCUT2D eigenvalue weighted by Gasteiger charge is -2.39. The number of hydrogen-bond acceptors (Lipinski definition) is 5. The number of piperidine rings is 1. The number of para-hydroxylation sites is 1. The Morgan fingerprint density at radius 1 is 0.875 bits per heavy atom. The normalized spacial score (nSPS) is 27.8. The standard InChI is InChI=1S/C26H29N3O2S/c30-32(31,19-8-2-1-3-9-19)20-15-18-7-6-12-25(26(18)27-16-20)29-14-13-24-22(17-29)21-10-4-5-11-23(21)28-24/h1-3,6-9,12,15-16,21-24,28H,4-5,10-11,13-14,17H2. The topological polar surface area (TPSA) is 62.3 Å². The van der Waals surface area contributed by atoms with E-state index in [4.69, 9.17) is 0 Å². The van der Waals surface area contributed by atoms with Crippen LogP contribution < -0.4 is 10.2 Å². The molecule has 2 saturated heterocycles. The highest BCUT2D eigenvalue weighted by atomic mass is 32.2. The quantitative estimate of drug-likeness (QED) is 0.644. The van der Waals surface area contributed by atoms with Crippen LogP contribution in [0.25, 0.3) is 10.9 Å². The van der Waals surface area contributed by atoms with Gasteiger partial charge in [0.1, 0.15) is 0 Å². The fourth-order valence-corrected chi connectivity index (χ4v) is 7.52. The Hall–Kier alpha value is -2.44. The molecule has 4 unspecified atom stereocenters. The summed E-state index contributed by atoms with van der Waals surface area (Å²) >= 11 is 0. The van der Waals surface area contributed by atoms with E-state index in [0.29, 0.717) is 22.9 Å². The Kier molecular flexibility index (Phi) is 4.95. The molecule has 0 amide bonds. The first-order valence-electron chi connectivity index (χ1n) is 11.8. The summed E-state index contributed by atoms with van der Waals surface area (Å²) in [5, 5.41) is 4.81. The van der Waals surface area contributed by atoms with Gasteiger partial charge in [-0.15, -0.1) is 0 Å². The van der Waals surface area contributed by atoms with Crippen molar-refractivity contribution in [1.82, 2.24) is 10.3 Å². The van der Waals surface area contributed by atoms with Crippen molar-refractivity contribution in [1.29, 1.82) is 0 Å². The predicted molar refractivity (Wildman–Crippen MR) is 127 cm³/mol. The van der Waals surface area contributed by atoms with Crippen molar-refractivity contribution in [3.8, 4) is 0 Å². The summed E-state index contributed by atoms with van der Waals surface area (Å²) in [6.45, 7) is 2.07. The molecule has 1 aromatic heterocycles. The molecule has 166 valence electrons. The number of fused-ring (bicyclic) bond motifs is 4. The fraction of sp³-hybridized carbons (Fsp3) is 0.423. The van der Waals surface area contributed by atoms with Crippen LogP contribution in [-0.4, -0.2) is 38.6 Å². The van der Waals surface area contributed by atoms with E-state index in [0.717, 1.165) is 42.0 Å². The van der Waals surface area contributed by atoms with Crippen molar-refractivity contribution in [2.75, 3.05) is 18.0 Å². The molecule has 32 heavy (non-hydrogen) atoms. The molecule has 2 aromatic carbocycles. The molecule has 3 heterocycles. The van der Waals surface area contributed by atoms with Crippen molar-refractivity contribution in [2.24, 2.45) is 11.8 Å². The van der Waals surface area contributed by atoms with E-state index in [2.05, 4.69) is 21.3 Å². The third-order valence-corrected chi connectivity index (χ3v) is 9.56. The number of rotatable bonds is 3. The summed E-state index contributed by atoms with van der Waals surface area (Å²) in [6, 6.07) is 17.8. The fourth-order valence-electron chi connectivity index (χ4n) is 6.26. The van der Waals surface area contributed by atoms with E-state index < -0.39 is 9.84 Å². The second kappa shape index (κ2) is 7.85. The summed E-state index contributed by atoms with van der Waals surface area (Å²) < 4.78 is 26.1. The van der Waals surface area contributed by atoms with Crippen molar-refractivity contribution in [3.05, 3.63) is 60.8 Å². The molecule has 2 aliphatic heterocycles. The Morgan fingerprint density at radius 2 is 1.69 bits per heavy atom.